The van der Waals surface area contributed by atoms with Crippen molar-refractivity contribution in [3.63, 3.8) is 0 Å². The van der Waals surface area contributed by atoms with Crippen molar-refractivity contribution in [1.82, 2.24) is 5.32 Å². The molecule has 1 amide bonds. The van der Waals surface area contributed by atoms with Crippen LogP contribution in [-0.4, -0.2) is 23.7 Å². The van der Waals surface area contributed by atoms with E-state index in [0.717, 1.165) is 16.8 Å². The van der Waals surface area contributed by atoms with Gasteiger partial charge in [-0.3, -0.25) is 4.79 Å². The molecule has 4 nitrogen and oxygen atoms in total. The van der Waals surface area contributed by atoms with Crippen LogP contribution in [0.5, 0.6) is 0 Å². The number of aryl methyl sites for hydroxylation is 1. The van der Waals surface area contributed by atoms with Crippen LogP contribution >= 0.6 is 0 Å². The predicted molar refractivity (Wildman–Crippen MR) is 97.7 cm³/mol. The summed E-state index contributed by atoms with van der Waals surface area (Å²) in [6.45, 7) is 2.30. The Morgan fingerprint density at radius 1 is 1.12 bits per heavy atom. The fourth-order valence-electron chi connectivity index (χ4n) is 2.81. The molecule has 0 aliphatic rings. The Kier molecular flexibility index (Phi) is 6.82. The SMILES string of the molecule is CC(O)CC(CNC(=O)CCc1ccccc1N)c1ccccc1. The molecule has 2 aromatic carbocycles. The Balaban J connectivity index is 1.87. The second-order valence-corrected chi connectivity index (χ2v) is 6.20. The Morgan fingerprint density at radius 3 is 2.46 bits per heavy atom. The van der Waals surface area contributed by atoms with Crippen molar-refractivity contribution in [2.45, 2.75) is 38.2 Å². The number of carbonyl (C=O) groups is 1. The number of rotatable bonds is 8. The normalized spacial score (nSPS) is 13.2. The second-order valence-electron chi connectivity index (χ2n) is 6.20. The zero-order valence-corrected chi connectivity index (χ0v) is 14.1. The lowest BCUT2D eigenvalue weighted by Crippen LogP contribution is -2.30. The Hall–Kier alpha value is -2.33. The first-order valence-corrected chi connectivity index (χ1v) is 8.39. The third kappa shape index (κ3) is 5.70. The largest absolute Gasteiger partial charge is 0.399 e. The van der Waals surface area contributed by atoms with Crippen molar-refractivity contribution in [1.29, 1.82) is 0 Å². The van der Waals surface area contributed by atoms with Crippen molar-refractivity contribution in [2.24, 2.45) is 0 Å². The van der Waals surface area contributed by atoms with Crippen molar-refractivity contribution in [2.75, 3.05) is 12.3 Å². The first kappa shape index (κ1) is 18.0. The van der Waals surface area contributed by atoms with Gasteiger partial charge < -0.3 is 16.2 Å². The number of anilines is 1. The first-order chi connectivity index (χ1) is 11.6. The van der Waals surface area contributed by atoms with Crippen LogP contribution in [0.2, 0.25) is 0 Å². The van der Waals surface area contributed by atoms with Crippen molar-refractivity contribution >= 4 is 11.6 Å². The number of hydrogen-bond acceptors (Lipinski definition) is 3. The highest BCUT2D eigenvalue weighted by molar-refractivity contribution is 5.76. The van der Waals surface area contributed by atoms with Gasteiger partial charge in [0.2, 0.25) is 5.91 Å². The number of nitrogens with one attached hydrogen (secondary N) is 1. The van der Waals surface area contributed by atoms with Crippen LogP contribution in [0.15, 0.2) is 54.6 Å². The van der Waals surface area contributed by atoms with E-state index in [4.69, 9.17) is 5.73 Å². The van der Waals surface area contributed by atoms with E-state index in [1.54, 1.807) is 6.92 Å². The number of aliphatic hydroxyl groups is 1. The summed E-state index contributed by atoms with van der Waals surface area (Å²) in [5, 5.41) is 12.7. The smallest absolute Gasteiger partial charge is 0.220 e. The predicted octanol–water partition coefficient (Wildman–Crippen LogP) is 2.87. The molecule has 0 aromatic heterocycles. The van der Waals surface area contributed by atoms with Gasteiger partial charge in [0.1, 0.15) is 0 Å². The van der Waals surface area contributed by atoms with Crippen molar-refractivity contribution in [3.8, 4) is 0 Å². The number of nitrogen functional groups attached to an aromatic ring is 1. The van der Waals surface area contributed by atoms with Gasteiger partial charge in [0.15, 0.2) is 0 Å². The average molecular weight is 326 g/mol. The Labute approximate surface area is 143 Å². The van der Waals surface area contributed by atoms with E-state index < -0.39 is 6.10 Å². The standard InChI is InChI=1S/C20H26N2O2/c1-15(23)13-18(16-7-3-2-4-8-16)14-22-20(24)12-11-17-9-5-6-10-19(17)21/h2-10,15,18,23H,11-14,21H2,1H3,(H,22,24). The summed E-state index contributed by atoms with van der Waals surface area (Å²) < 4.78 is 0. The lowest BCUT2D eigenvalue weighted by Gasteiger charge is -2.19. The van der Waals surface area contributed by atoms with Crippen LogP contribution in [0.25, 0.3) is 0 Å². The minimum atomic E-state index is -0.406. The monoisotopic (exact) mass is 326 g/mol. The molecule has 0 aliphatic carbocycles. The molecule has 0 saturated carbocycles. The zero-order chi connectivity index (χ0) is 17.4. The molecule has 24 heavy (non-hydrogen) atoms. The van der Waals surface area contributed by atoms with Gasteiger partial charge in [-0.05, 0) is 37.0 Å². The summed E-state index contributed by atoms with van der Waals surface area (Å²) in [4.78, 5) is 12.1. The molecule has 0 heterocycles. The molecule has 2 atom stereocenters. The minimum absolute atomic E-state index is 0.00442. The summed E-state index contributed by atoms with van der Waals surface area (Å²) in [5.74, 6) is 0.113. The van der Waals surface area contributed by atoms with E-state index in [1.807, 2.05) is 54.6 Å². The van der Waals surface area contributed by atoms with E-state index in [0.29, 0.717) is 25.8 Å². The third-order valence-corrected chi connectivity index (χ3v) is 4.12. The van der Waals surface area contributed by atoms with Gasteiger partial charge in [0.25, 0.3) is 0 Å². The van der Waals surface area contributed by atoms with Crippen LogP contribution in [0.1, 0.15) is 36.8 Å². The maximum atomic E-state index is 12.1. The second kappa shape index (κ2) is 9.08. The molecule has 2 unspecified atom stereocenters. The Bertz CT molecular complexity index is 641. The highest BCUT2D eigenvalue weighted by Gasteiger charge is 2.15. The summed E-state index contributed by atoms with van der Waals surface area (Å²) in [7, 11) is 0. The number of carbonyl (C=O) groups excluding carboxylic acids is 1. The van der Waals surface area contributed by atoms with E-state index in [9.17, 15) is 9.90 Å². The molecule has 0 saturated heterocycles. The van der Waals surface area contributed by atoms with Gasteiger partial charge in [0.05, 0.1) is 6.10 Å². The fourth-order valence-corrected chi connectivity index (χ4v) is 2.81. The molecule has 2 rings (SSSR count). The first-order valence-electron chi connectivity index (χ1n) is 8.39. The quantitative estimate of drug-likeness (QED) is 0.653. The highest BCUT2D eigenvalue weighted by atomic mass is 16.3. The summed E-state index contributed by atoms with van der Waals surface area (Å²) >= 11 is 0. The van der Waals surface area contributed by atoms with Crippen LogP contribution in [0.4, 0.5) is 5.69 Å². The van der Waals surface area contributed by atoms with Gasteiger partial charge in [0, 0.05) is 24.6 Å². The maximum Gasteiger partial charge on any atom is 0.220 e. The number of hydrogen-bond donors (Lipinski definition) is 3. The Morgan fingerprint density at radius 2 is 1.79 bits per heavy atom. The lowest BCUT2D eigenvalue weighted by molar-refractivity contribution is -0.121. The topological polar surface area (TPSA) is 75.3 Å². The van der Waals surface area contributed by atoms with Crippen molar-refractivity contribution < 1.29 is 9.90 Å². The molecule has 128 valence electrons. The number of nitrogens with two attached hydrogens (primary N) is 1. The molecule has 2 aromatic rings. The van der Waals surface area contributed by atoms with Gasteiger partial charge in [-0.25, -0.2) is 0 Å². The third-order valence-electron chi connectivity index (χ3n) is 4.12. The summed E-state index contributed by atoms with van der Waals surface area (Å²) in [6, 6.07) is 17.6. The molecule has 0 spiro atoms. The van der Waals surface area contributed by atoms with Crippen LogP contribution in [0.3, 0.4) is 0 Å². The number of amides is 1. The zero-order valence-electron chi connectivity index (χ0n) is 14.1. The number of benzene rings is 2. The molecule has 0 radical (unpaired) electrons. The highest BCUT2D eigenvalue weighted by Crippen LogP contribution is 2.20. The van der Waals surface area contributed by atoms with E-state index in [2.05, 4.69) is 5.32 Å². The van der Waals surface area contributed by atoms with Crippen LogP contribution < -0.4 is 11.1 Å². The van der Waals surface area contributed by atoms with E-state index in [1.165, 1.54) is 0 Å². The van der Waals surface area contributed by atoms with E-state index >= 15 is 0 Å². The van der Waals surface area contributed by atoms with Crippen LogP contribution in [-0.2, 0) is 11.2 Å². The number of para-hydroxylation sites is 1. The van der Waals surface area contributed by atoms with Crippen molar-refractivity contribution in [3.05, 3.63) is 65.7 Å². The molecule has 4 N–H and O–H groups in total. The minimum Gasteiger partial charge on any atom is -0.399 e. The molecule has 4 heteroatoms. The maximum absolute atomic E-state index is 12.1. The molecular weight excluding hydrogens is 300 g/mol. The van der Waals surface area contributed by atoms with Gasteiger partial charge in [-0.2, -0.15) is 0 Å². The van der Waals surface area contributed by atoms with E-state index in [-0.39, 0.29) is 11.8 Å². The summed E-state index contributed by atoms with van der Waals surface area (Å²) in [6.07, 6.45) is 1.25. The lowest BCUT2D eigenvalue weighted by atomic mass is 9.93. The molecule has 0 aliphatic heterocycles. The molecule has 0 fully saturated rings. The fraction of sp³-hybridized carbons (Fsp3) is 0.350. The van der Waals surface area contributed by atoms with Gasteiger partial charge >= 0.3 is 0 Å². The van der Waals surface area contributed by atoms with Crippen LogP contribution in [0, 0.1) is 0 Å². The molecule has 0 bridgehead atoms. The summed E-state index contributed by atoms with van der Waals surface area (Å²) in [5.41, 5.74) is 8.75. The number of aliphatic hydroxyl groups excluding tert-OH is 1. The van der Waals surface area contributed by atoms with Gasteiger partial charge in [-0.15, -0.1) is 0 Å². The van der Waals surface area contributed by atoms with Gasteiger partial charge in [-0.1, -0.05) is 48.5 Å². The molecular formula is C20H26N2O2. The average Bonchev–Trinajstić information content (AvgIpc) is 2.58.